The highest BCUT2D eigenvalue weighted by Gasteiger charge is 2.14. The second-order valence-electron chi connectivity index (χ2n) is 5.33. The Hall–Kier alpha value is -2.14. The summed E-state index contributed by atoms with van der Waals surface area (Å²) in [5.41, 5.74) is 1.60. The molecular weight excluding hydrogens is 278 g/mol. The number of likely N-dealkylation sites (N-methyl/N-ethyl adjacent to an activating group) is 1. The van der Waals surface area contributed by atoms with E-state index >= 15 is 0 Å². The number of hydrogen-bond donors (Lipinski definition) is 2. The molecule has 1 aromatic carbocycles. The first-order valence-electron chi connectivity index (χ1n) is 7.62. The third-order valence-electron chi connectivity index (χ3n) is 3.40. The first-order valence-corrected chi connectivity index (χ1v) is 7.62. The lowest BCUT2D eigenvalue weighted by Gasteiger charge is -2.12. The summed E-state index contributed by atoms with van der Waals surface area (Å²) < 4.78 is 5.66. The number of amides is 1. The average Bonchev–Trinajstić information content (AvgIpc) is 2.87. The second-order valence-corrected chi connectivity index (χ2v) is 5.33. The van der Waals surface area contributed by atoms with Crippen LogP contribution in [-0.4, -0.2) is 30.0 Å². The molecule has 2 N–H and O–H groups in total. The van der Waals surface area contributed by atoms with Crippen molar-refractivity contribution in [1.82, 2.24) is 15.6 Å². The van der Waals surface area contributed by atoms with E-state index in [0.717, 1.165) is 12.1 Å². The molecule has 0 aliphatic carbocycles. The molecule has 22 heavy (non-hydrogen) atoms. The zero-order valence-electron chi connectivity index (χ0n) is 13.3. The number of rotatable bonds is 7. The van der Waals surface area contributed by atoms with Gasteiger partial charge in [-0.25, -0.2) is 4.98 Å². The lowest BCUT2D eigenvalue weighted by Crippen LogP contribution is -2.39. The minimum Gasteiger partial charge on any atom is -0.441 e. The number of nitrogens with zero attached hydrogens (tertiary/aromatic N) is 1. The number of nitrogens with one attached hydrogen (secondary N) is 2. The molecule has 1 atom stereocenters. The van der Waals surface area contributed by atoms with Crippen molar-refractivity contribution in [2.75, 3.05) is 13.1 Å². The van der Waals surface area contributed by atoms with Crippen LogP contribution in [0.25, 0.3) is 11.5 Å². The quantitative estimate of drug-likeness (QED) is 0.823. The molecule has 0 unspecified atom stereocenters. The molecular formula is C17H23N3O2. The Morgan fingerprint density at radius 3 is 2.73 bits per heavy atom. The normalized spacial score (nSPS) is 12.1. The molecule has 0 saturated heterocycles. The number of benzene rings is 1. The summed E-state index contributed by atoms with van der Waals surface area (Å²) in [5, 5.41) is 6.16. The molecule has 2 aromatic rings. The SMILES string of the molecule is CCN[C@H](C)CNC(=O)Cc1nc(-c2ccccc2)oc1C. The summed E-state index contributed by atoms with van der Waals surface area (Å²) in [7, 11) is 0. The second kappa shape index (κ2) is 7.75. The number of hydrogen-bond acceptors (Lipinski definition) is 4. The molecule has 5 nitrogen and oxygen atoms in total. The van der Waals surface area contributed by atoms with Gasteiger partial charge in [-0.15, -0.1) is 0 Å². The number of carbonyl (C=O) groups is 1. The van der Waals surface area contributed by atoms with Crippen LogP contribution in [0.15, 0.2) is 34.7 Å². The van der Waals surface area contributed by atoms with Gasteiger partial charge in [0, 0.05) is 18.2 Å². The van der Waals surface area contributed by atoms with Crippen LogP contribution in [0.3, 0.4) is 0 Å². The number of aromatic nitrogens is 1. The van der Waals surface area contributed by atoms with E-state index in [9.17, 15) is 4.79 Å². The molecule has 1 heterocycles. The molecule has 1 aromatic heterocycles. The third-order valence-corrected chi connectivity index (χ3v) is 3.40. The van der Waals surface area contributed by atoms with Crippen molar-refractivity contribution in [3.63, 3.8) is 0 Å². The molecule has 0 aliphatic rings. The van der Waals surface area contributed by atoms with E-state index < -0.39 is 0 Å². The van der Waals surface area contributed by atoms with Gasteiger partial charge < -0.3 is 15.1 Å². The molecule has 0 radical (unpaired) electrons. The molecule has 0 bridgehead atoms. The maximum absolute atomic E-state index is 12.0. The predicted molar refractivity (Wildman–Crippen MR) is 86.5 cm³/mol. The van der Waals surface area contributed by atoms with Crippen LogP contribution in [0.5, 0.6) is 0 Å². The first-order chi connectivity index (χ1) is 10.6. The Morgan fingerprint density at radius 2 is 2.05 bits per heavy atom. The van der Waals surface area contributed by atoms with Crippen LogP contribution >= 0.6 is 0 Å². The molecule has 0 saturated carbocycles. The molecule has 0 spiro atoms. The van der Waals surface area contributed by atoms with E-state index in [4.69, 9.17) is 4.42 Å². The topological polar surface area (TPSA) is 67.2 Å². The van der Waals surface area contributed by atoms with Crippen LogP contribution in [0.1, 0.15) is 25.3 Å². The maximum atomic E-state index is 12.0. The Morgan fingerprint density at radius 1 is 1.32 bits per heavy atom. The summed E-state index contributed by atoms with van der Waals surface area (Å²) in [6.07, 6.45) is 0.237. The van der Waals surface area contributed by atoms with E-state index in [1.54, 1.807) is 0 Å². The Kier molecular flexibility index (Phi) is 5.72. The van der Waals surface area contributed by atoms with Crippen molar-refractivity contribution in [3.8, 4) is 11.5 Å². The van der Waals surface area contributed by atoms with Gasteiger partial charge >= 0.3 is 0 Å². The van der Waals surface area contributed by atoms with Crippen molar-refractivity contribution < 1.29 is 9.21 Å². The van der Waals surface area contributed by atoms with E-state index in [1.807, 2.05) is 51.1 Å². The Balaban J connectivity index is 1.96. The average molecular weight is 301 g/mol. The van der Waals surface area contributed by atoms with E-state index in [-0.39, 0.29) is 18.4 Å². The fraction of sp³-hybridized carbons (Fsp3) is 0.412. The number of oxazole rings is 1. The van der Waals surface area contributed by atoms with Crippen LogP contribution in [-0.2, 0) is 11.2 Å². The standard InChI is InChI=1S/C17H23N3O2/c1-4-18-12(2)11-19-16(21)10-15-13(3)22-17(20-15)14-8-6-5-7-9-14/h5-9,12,18H,4,10-11H2,1-3H3,(H,19,21)/t12-/m1/s1. The van der Waals surface area contributed by atoms with Gasteiger partial charge in [0.1, 0.15) is 5.76 Å². The summed E-state index contributed by atoms with van der Waals surface area (Å²) in [4.78, 5) is 16.4. The molecule has 118 valence electrons. The van der Waals surface area contributed by atoms with Gasteiger partial charge in [-0.3, -0.25) is 4.79 Å². The summed E-state index contributed by atoms with van der Waals surface area (Å²) in [6.45, 7) is 7.42. The predicted octanol–water partition coefficient (Wildman–Crippen LogP) is 2.31. The summed E-state index contributed by atoms with van der Waals surface area (Å²) in [6, 6.07) is 9.94. The van der Waals surface area contributed by atoms with Crippen LogP contribution in [0.4, 0.5) is 0 Å². The monoisotopic (exact) mass is 301 g/mol. The van der Waals surface area contributed by atoms with Gasteiger partial charge in [-0.05, 0) is 32.5 Å². The lowest BCUT2D eigenvalue weighted by molar-refractivity contribution is -0.120. The van der Waals surface area contributed by atoms with Crippen molar-refractivity contribution in [2.24, 2.45) is 0 Å². The maximum Gasteiger partial charge on any atom is 0.226 e. The van der Waals surface area contributed by atoms with Gasteiger partial charge in [-0.2, -0.15) is 0 Å². The van der Waals surface area contributed by atoms with Gasteiger partial charge in [-0.1, -0.05) is 25.1 Å². The Bertz CT molecular complexity index is 608. The number of aryl methyl sites for hydroxylation is 1. The van der Waals surface area contributed by atoms with E-state index in [2.05, 4.69) is 15.6 Å². The third kappa shape index (κ3) is 4.43. The fourth-order valence-corrected chi connectivity index (χ4v) is 2.20. The fourth-order valence-electron chi connectivity index (χ4n) is 2.20. The molecule has 0 aliphatic heterocycles. The molecule has 2 rings (SSSR count). The minimum atomic E-state index is -0.0410. The zero-order valence-corrected chi connectivity index (χ0v) is 13.3. The first kappa shape index (κ1) is 16.2. The van der Waals surface area contributed by atoms with Crippen LogP contribution in [0.2, 0.25) is 0 Å². The van der Waals surface area contributed by atoms with Gasteiger partial charge in [0.25, 0.3) is 0 Å². The summed E-state index contributed by atoms with van der Waals surface area (Å²) in [5.74, 6) is 1.21. The highest BCUT2D eigenvalue weighted by molar-refractivity contribution is 5.78. The van der Waals surface area contributed by atoms with Crippen LogP contribution in [0, 0.1) is 6.92 Å². The van der Waals surface area contributed by atoms with Crippen molar-refractivity contribution in [2.45, 2.75) is 33.2 Å². The van der Waals surface area contributed by atoms with Crippen molar-refractivity contribution >= 4 is 5.91 Å². The lowest BCUT2D eigenvalue weighted by atomic mass is 10.2. The highest BCUT2D eigenvalue weighted by Crippen LogP contribution is 2.21. The van der Waals surface area contributed by atoms with Crippen molar-refractivity contribution in [3.05, 3.63) is 41.8 Å². The summed E-state index contributed by atoms with van der Waals surface area (Å²) >= 11 is 0. The van der Waals surface area contributed by atoms with Gasteiger partial charge in [0.05, 0.1) is 12.1 Å². The molecule has 0 fully saturated rings. The van der Waals surface area contributed by atoms with Crippen LogP contribution < -0.4 is 10.6 Å². The van der Waals surface area contributed by atoms with E-state index in [0.29, 0.717) is 23.9 Å². The Labute approximate surface area is 131 Å². The largest absolute Gasteiger partial charge is 0.441 e. The van der Waals surface area contributed by atoms with E-state index in [1.165, 1.54) is 0 Å². The minimum absolute atomic E-state index is 0.0410. The smallest absolute Gasteiger partial charge is 0.226 e. The van der Waals surface area contributed by atoms with Crippen molar-refractivity contribution in [1.29, 1.82) is 0 Å². The zero-order chi connectivity index (χ0) is 15.9. The number of carbonyl (C=O) groups excluding carboxylic acids is 1. The van der Waals surface area contributed by atoms with Gasteiger partial charge in [0.15, 0.2) is 0 Å². The molecule has 5 heteroatoms. The highest BCUT2D eigenvalue weighted by atomic mass is 16.4. The van der Waals surface area contributed by atoms with Gasteiger partial charge in [0.2, 0.25) is 11.8 Å². The molecule has 1 amide bonds.